The summed E-state index contributed by atoms with van der Waals surface area (Å²) in [7, 11) is 0. The van der Waals surface area contributed by atoms with Gasteiger partial charge < -0.3 is 10.4 Å². The molecule has 0 fully saturated rings. The lowest BCUT2D eigenvalue weighted by Gasteiger charge is -2.08. The predicted molar refractivity (Wildman–Crippen MR) is 72.1 cm³/mol. The van der Waals surface area contributed by atoms with Crippen LogP contribution in [0.25, 0.3) is 0 Å². The zero-order valence-corrected chi connectivity index (χ0v) is 10.6. The SMILES string of the molecule is CCc1cccnc1CNc1cccc(C(=O)O)n1. The maximum Gasteiger partial charge on any atom is 0.354 e. The summed E-state index contributed by atoms with van der Waals surface area (Å²) >= 11 is 0. The number of aromatic nitrogens is 2. The fourth-order valence-electron chi connectivity index (χ4n) is 1.78. The summed E-state index contributed by atoms with van der Waals surface area (Å²) in [5.74, 6) is -0.497. The molecule has 5 heteroatoms. The van der Waals surface area contributed by atoms with E-state index >= 15 is 0 Å². The fraction of sp³-hybridized carbons (Fsp3) is 0.214. The summed E-state index contributed by atoms with van der Waals surface area (Å²) in [6.07, 6.45) is 2.66. The van der Waals surface area contributed by atoms with E-state index in [0.717, 1.165) is 12.1 Å². The molecule has 0 saturated carbocycles. The molecule has 2 rings (SSSR count). The van der Waals surface area contributed by atoms with Crippen LogP contribution in [-0.2, 0) is 13.0 Å². The number of pyridine rings is 2. The van der Waals surface area contributed by atoms with Gasteiger partial charge in [-0.1, -0.05) is 19.1 Å². The zero-order chi connectivity index (χ0) is 13.7. The lowest BCUT2D eigenvalue weighted by Crippen LogP contribution is -2.08. The van der Waals surface area contributed by atoms with E-state index in [9.17, 15) is 4.79 Å². The molecule has 19 heavy (non-hydrogen) atoms. The number of carboxylic acids is 1. The molecule has 0 unspecified atom stereocenters. The first-order valence-electron chi connectivity index (χ1n) is 6.07. The van der Waals surface area contributed by atoms with Crippen LogP contribution in [0.15, 0.2) is 36.5 Å². The number of aromatic carboxylic acids is 1. The van der Waals surface area contributed by atoms with E-state index in [-0.39, 0.29) is 5.69 Å². The molecule has 0 spiro atoms. The molecule has 5 nitrogen and oxygen atoms in total. The molecule has 2 aromatic heterocycles. The molecule has 0 saturated heterocycles. The van der Waals surface area contributed by atoms with Crippen molar-refractivity contribution in [2.24, 2.45) is 0 Å². The summed E-state index contributed by atoms with van der Waals surface area (Å²) in [5, 5.41) is 12.0. The van der Waals surface area contributed by atoms with E-state index in [2.05, 4.69) is 22.2 Å². The largest absolute Gasteiger partial charge is 0.477 e. The molecule has 2 heterocycles. The Balaban J connectivity index is 2.10. The van der Waals surface area contributed by atoms with Gasteiger partial charge in [0.25, 0.3) is 0 Å². The molecular weight excluding hydrogens is 242 g/mol. The highest BCUT2D eigenvalue weighted by molar-refractivity contribution is 5.85. The molecule has 0 atom stereocenters. The summed E-state index contributed by atoms with van der Waals surface area (Å²) in [6.45, 7) is 2.60. The molecule has 0 aliphatic heterocycles. The highest BCUT2D eigenvalue weighted by atomic mass is 16.4. The Hall–Kier alpha value is -2.43. The van der Waals surface area contributed by atoms with Gasteiger partial charge in [-0.25, -0.2) is 9.78 Å². The Labute approximate surface area is 111 Å². The van der Waals surface area contributed by atoms with Gasteiger partial charge >= 0.3 is 5.97 Å². The van der Waals surface area contributed by atoms with Crippen LogP contribution in [0.2, 0.25) is 0 Å². The van der Waals surface area contributed by atoms with Gasteiger partial charge in [-0.15, -0.1) is 0 Å². The molecule has 0 aliphatic carbocycles. The summed E-state index contributed by atoms with van der Waals surface area (Å²) in [4.78, 5) is 19.1. The van der Waals surface area contributed by atoms with Gasteiger partial charge in [0.15, 0.2) is 5.69 Å². The van der Waals surface area contributed by atoms with Crippen molar-refractivity contribution in [3.63, 3.8) is 0 Å². The highest BCUT2D eigenvalue weighted by Crippen LogP contribution is 2.10. The second kappa shape index (κ2) is 5.95. The Morgan fingerprint density at radius 1 is 1.32 bits per heavy atom. The van der Waals surface area contributed by atoms with Gasteiger partial charge in [0.2, 0.25) is 0 Å². The van der Waals surface area contributed by atoms with Gasteiger partial charge in [-0.3, -0.25) is 4.98 Å². The first kappa shape index (κ1) is 13.0. The third-order valence-corrected chi connectivity index (χ3v) is 2.77. The van der Waals surface area contributed by atoms with E-state index in [1.165, 1.54) is 11.6 Å². The number of hydrogen-bond donors (Lipinski definition) is 2. The van der Waals surface area contributed by atoms with Gasteiger partial charge in [-0.2, -0.15) is 0 Å². The number of hydrogen-bond acceptors (Lipinski definition) is 4. The quantitative estimate of drug-likeness (QED) is 0.860. The molecule has 2 aromatic rings. The molecular formula is C14H15N3O2. The van der Waals surface area contributed by atoms with Crippen LogP contribution in [0, 0.1) is 0 Å². The minimum atomic E-state index is -1.03. The van der Waals surface area contributed by atoms with E-state index in [4.69, 9.17) is 5.11 Å². The van der Waals surface area contributed by atoms with Gasteiger partial charge in [-0.05, 0) is 30.2 Å². The average molecular weight is 257 g/mol. The minimum absolute atomic E-state index is 0.0294. The molecule has 0 bridgehead atoms. The van der Waals surface area contributed by atoms with Gasteiger partial charge in [0.05, 0.1) is 12.2 Å². The molecule has 2 N–H and O–H groups in total. The number of rotatable bonds is 5. The average Bonchev–Trinajstić information content (AvgIpc) is 2.45. The zero-order valence-electron chi connectivity index (χ0n) is 10.6. The van der Waals surface area contributed by atoms with E-state index in [1.807, 2.05) is 12.1 Å². The Morgan fingerprint density at radius 3 is 2.89 bits per heavy atom. The van der Waals surface area contributed by atoms with Crippen molar-refractivity contribution >= 4 is 11.8 Å². The monoisotopic (exact) mass is 257 g/mol. The number of carboxylic acid groups (broad SMARTS) is 1. The van der Waals surface area contributed by atoms with Crippen LogP contribution < -0.4 is 5.32 Å². The van der Waals surface area contributed by atoms with Crippen molar-refractivity contribution < 1.29 is 9.90 Å². The third kappa shape index (κ3) is 3.28. The highest BCUT2D eigenvalue weighted by Gasteiger charge is 2.06. The predicted octanol–water partition coefficient (Wildman–Crippen LogP) is 2.35. The lowest BCUT2D eigenvalue weighted by atomic mass is 10.1. The van der Waals surface area contributed by atoms with Crippen LogP contribution in [0.3, 0.4) is 0 Å². The number of carbonyl (C=O) groups is 1. The smallest absolute Gasteiger partial charge is 0.354 e. The lowest BCUT2D eigenvalue weighted by molar-refractivity contribution is 0.0690. The van der Waals surface area contributed by atoms with E-state index in [0.29, 0.717) is 12.4 Å². The Kier molecular flexibility index (Phi) is 4.07. The number of nitrogens with one attached hydrogen (secondary N) is 1. The molecule has 0 aromatic carbocycles. The summed E-state index contributed by atoms with van der Waals surface area (Å²) in [5.41, 5.74) is 2.15. The van der Waals surface area contributed by atoms with Crippen LogP contribution in [-0.4, -0.2) is 21.0 Å². The topological polar surface area (TPSA) is 75.1 Å². The minimum Gasteiger partial charge on any atom is -0.477 e. The van der Waals surface area contributed by atoms with Crippen molar-refractivity contribution in [3.8, 4) is 0 Å². The molecule has 0 aliphatic rings. The summed E-state index contributed by atoms with van der Waals surface area (Å²) in [6, 6.07) is 8.81. The van der Waals surface area contributed by atoms with Crippen LogP contribution in [0.5, 0.6) is 0 Å². The first-order valence-corrected chi connectivity index (χ1v) is 6.07. The first-order chi connectivity index (χ1) is 9.20. The van der Waals surface area contributed by atoms with Crippen molar-refractivity contribution in [3.05, 3.63) is 53.5 Å². The number of anilines is 1. The second-order valence-electron chi connectivity index (χ2n) is 4.03. The standard InChI is InChI=1S/C14H15N3O2/c1-2-10-5-4-8-15-12(10)9-16-13-7-3-6-11(17-13)14(18)19/h3-8H,2,9H2,1H3,(H,16,17)(H,18,19). The number of aryl methyl sites for hydroxylation is 1. The maximum absolute atomic E-state index is 10.8. The Bertz CT molecular complexity index is 584. The van der Waals surface area contributed by atoms with Gasteiger partial charge in [0, 0.05) is 6.20 Å². The van der Waals surface area contributed by atoms with Crippen molar-refractivity contribution in [1.29, 1.82) is 0 Å². The maximum atomic E-state index is 10.8. The third-order valence-electron chi connectivity index (χ3n) is 2.77. The molecule has 0 radical (unpaired) electrons. The second-order valence-corrected chi connectivity index (χ2v) is 4.03. The van der Waals surface area contributed by atoms with Crippen LogP contribution in [0.4, 0.5) is 5.82 Å². The van der Waals surface area contributed by atoms with Crippen molar-refractivity contribution in [2.75, 3.05) is 5.32 Å². The van der Waals surface area contributed by atoms with E-state index < -0.39 is 5.97 Å². The fourth-order valence-corrected chi connectivity index (χ4v) is 1.78. The normalized spacial score (nSPS) is 10.2. The van der Waals surface area contributed by atoms with Crippen molar-refractivity contribution in [1.82, 2.24) is 9.97 Å². The van der Waals surface area contributed by atoms with Crippen LogP contribution in [0.1, 0.15) is 28.7 Å². The number of nitrogens with zero attached hydrogens (tertiary/aromatic N) is 2. The summed E-state index contributed by atoms with van der Waals surface area (Å²) < 4.78 is 0. The van der Waals surface area contributed by atoms with E-state index in [1.54, 1.807) is 18.3 Å². The Morgan fingerprint density at radius 2 is 2.16 bits per heavy atom. The van der Waals surface area contributed by atoms with Gasteiger partial charge in [0.1, 0.15) is 5.82 Å². The van der Waals surface area contributed by atoms with Crippen molar-refractivity contribution in [2.45, 2.75) is 19.9 Å². The molecule has 0 amide bonds. The van der Waals surface area contributed by atoms with Crippen LogP contribution >= 0.6 is 0 Å². The molecule has 98 valence electrons.